The van der Waals surface area contributed by atoms with Crippen molar-refractivity contribution < 1.29 is 13.2 Å². The lowest BCUT2D eigenvalue weighted by molar-refractivity contribution is -0.110. The minimum absolute atomic E-state index is 0.0675. The average Bonchev–Trinajstić information content (AvgIpc) is 2.64. The maximum absolute atomic E-state index is 12.8. The maximum atomic E-state index is 12.8. The zero-order valence-electron chi connectivity index (χ0n) is 15.0. The Morgan fingerprint density at radius 2 is 1.56 bits per heavy atom. The van der Waals surface area contributed by atoms with Crippen molar-refractivity contribution in [3.8, 4) is 0 Å². The van der Waals surface area contributed by atoms with Gasteiger partial charge >= 0.3 is 0 Å². The number of benzene rings is 2. The molecule has 0 saturated heterocycles. The third-order valence-electron chi connectivity index (χ3n) is 3.95. The predicted octanol–water partition coefficient (Wildman–Crippen LogP) is 3.66. The lowest BCUT2D eigenvalue weighted by Gasteiger charge is -2.08. The van der Waals surface area contributed by atoms with E-state index >= 15 is 0 Å². The van der Waals surface area contributed by atoms with Crippen LogP contribution in [0.25, 0.3) is 0 Å². The molecule has 0 aliphatic heterocycles. The van der Waals surface area contributed by atoms with Crippen LogP contribution in [0.15, 0.2) is 92.7 Å². The molecule has 0 heterocycles. The normalized spacial score (nSPS) is 16.5. The molecule has 0 fully saturated rings. The Kier molecular flexibility index (Phi) is 5.28. The van der Waals surface area contributed by atoms with Crippen molar-refractivity contribution in [2.75, 3.05) is 0 Å². The fraction of sp³-hybridized carbons (Fsp3) is 0.0952. The van der Waals surface area contributed by atoms with Gasteiger partial charge in [-0.3, -0.25) is 4.79 Å². The Bertz CT molecular complexity index is 1090. The molecule has 5 nitrogen and oxygen atoms in total. The number of nitrogens with zero attached hydrogens (tertiary/aromatic N) is 2. The van der Waals surface area contributed by atoms with Crippen molar-refractivity contribution in [1.82, 2.24) is 0 Å². The second-order valence-electron chi connectivity index (χ2n) is 6.13. The minimum atomic E-state index is -3.93. The molecule has 0 saturated carbocycles. The monoisotopic (exact) mass is 378 g/mol. The molecular formula is C21H18N2O3S. The Morgan fingerprint density at radius 3 is 2.19 bits per heavy atom. The Morgan fingerprint density at radius 1 is 0.889 bits per heavy atom. The molecule has 27 heavy (non-hydrogen) atoms. The van der Waals surface area contributed by atoms with Crippen LogP contribution in [0.3, 0.4) is 0 Å². The van der Waals surface area contributed by atoms with Crippen molar-refractivity contribution in [1.29, 1.82) is 0 Å². The fourth-order valence-electron chi connectivity index (χ4n) is 2.47. The molecule has 0 N–H and O–H groups in total. The number of sulfonamides is 1. The van der Waals surface area contributed by atoms with E-state index in [1.54, 1.807) is 49.4 Å². The molecule has 0 amide bonds. The highest BCUT2D eigenvalue weighted by Gasteiger charge is 2.16. The van der Waals surface area contributed by atoms with Crippen LogP contribution in [0.4, 0.5) is 0 Å². The number of aryl methyl sites for hydroxylation is 1. The second-order valence-corrected chi connectivity index (χ2v) is 7.73. The van der Waals surface area contributed by atoms with E-state index < -0.39 is 10.0 Å². The van der Waals surface area contributed by atoms with Crippen LogP contribution < -0.4 is 0 Å². The first-order valence-corrected chi connectivity index (χ1v) is 9.76. The van der Waals surface area contributed by atoms with Gasteiger partial charge in [0.1, 0.15) is 0 Å². The maximum Gasteiger partial charge on any atom is 0.284 e. The van der Waals surface area contributed by atoms with Gasteiger partial charge in [-0.2, -0.15) is 8.42 Å². The number of carbonyl (C=O) groups excluding carboxylic acids is 1. The molecule has 0 spiro atoms. The summed E-state index contributed by atoms with van der Waals surface area (Å²) >= 11 is 0. The van der Waals surface area contributed by atoms with E-state index in [0.29, 0.717) is 16.8 Å². The molecule has 6 heteroatoms. The van der Waals surface area contributed by atoms with Gasteiger partial charge in [0.2, 0.25) is 0 Å². The largest absolute Gasteiger partial charge is 0.290 e. The summed E-state index contributed by atoms with van der Waals surface area (Å²) in [5.41, 5.74) is 2.67. The van der Waals surface area contributed by atoms with Crippen molar-refractivity contribution in [3.05, 3.63) is 89.5 Å². The van der Waals surface area contributed by atoms with Crippen LogP contribution >= 0.6 is 0 Å². The molecular weight excluding hydrogens is 360 g/mol. The van der Waals surface area contributed by atoms with Gasteiger partial charge in [0, 0.05) is 5.56 Å². The van der Waals surface area contributed by atoms with Gasteiger partial charge in [0.05, 0.1) is 10.6 Å². The summed E-state index contributed by atoms with van der Waals surface area (Å²) in [7, 11) is -3.93. The van der Waals surface area contributed by atoms with E-state index in [2.05, 4.69) is 9.39 Å². The number of ketones is 1. The number of amidine groups is 1. The predicted molar refractivity (Wildman–Crippen MR) is 107 cm³/mol. The molecule has 136 valence electrons. The molecule has 2 aromatic rings. The first-order valence-electron chi connectivity index (χ1n) is 8.32. The van der Waals surface area contributed by atoms with Gasteiger partial charge in [-0.1, -0.05) is 48.0 Å². The zero-order chi connectivity index (χ0) is 19.4. The van der Waals surface area contributed by atoms with Gasteiger partial charge in [0.25, 0.3) is 10.0 Å². The summed E-state index contributed by atoms with van der Waals surface area (Å²) in [5.74, 6) is -0.0603. The Hall–Kier alpha value is -3.12. The first-order chi connectivity index (χ1) is 12.8. The number of aliphatic imine (C=N–C) groups is 1. The highest BCUT2D eigenvalue weighted by Crippen LogP contribution is 2.17. The van der Waals surface area contributed by atoms with Gasteiger partial charge in [-0.05, 0) is 49.8 Å². The smallest absolute Gasteiger partial charge is 0.284 e. The van der Waals surface area contributed by atoms with Crippen LogP contribution in [-0.2, 0) is 14.8 Å². The van der Waals surface area contributed by atoms with Crippen LogP contribution in [0, 0.1) is 6.92 Å². The minimum Gasteiger partial charge on any atom is -0.290 e. The van der Waals surface area contributed by atoms with Crippen LogP contribution in [0.5, 0.6) is 0 Å². The number of allylic oxidation sites excluding steroid dienone is 4. The quantitative estimate of drug-likeness (QED) is 0.465. The SMILES string of the molecule is CC1=CC(=O)C=CC1=N/C(=N\S(=O)(=O)c1ccc(C)cc1)c1ccccc1. The van der Waals surface area contributed by atoms with Crippen molar-refractivity contribution in [3.63, 3.8) is 0 Å². The van der Waals surface area contributed by atoms with Crippen LogP contribution in [-0.4, -0.2) is 25.7 Å². The third-order valence-corrected chi connectivity index (χ3v) is 5.23. The van der Waals surface area contributed by atoms with Gasteiger partial charge in [-0.25, -0.2) is 4.99 Å². The van der Waals surface area contributed by atoms with E-state index in [1.807, 2.05) is 13.0 Å². The summed E-state index contributed by atoms with van der Waals surface area (Å²) in [6.45, 7) is 3.63. The summed E-state index contributed by atoms with van der Waals surface area (Å²) < 4.78 is 29.5. The standard InChI is InChI=1S/C21H18N2O3S/c1-15-8-11-19(12-9-15)27(25,26)23-21(17-6-4-3-5-7-17)22-20-13-10-18(24)14-16(20)2/h3-14H,1-2H3/b22-20?,23-21-. The summed E-state index contributed by atoms with van der Waals surface area (Å²) in [6, 6.07) is 15.4. The molecule has 0 atom stereocenters. The molecule has 0 unspecified atom stereocenters. The van der Waals surface area contributed by atoms with Crippen molar-refractivity contribution in [2.24, 2.45) is 9.39 Å². The molecule has 0 bridgehead atoms. The highest BCUT2D eigenvalue weighted by atomic mass is 32.2. The topological polar surface area (TPSA) is 75.9 Å². The fourth-order valence-corrected chi connectivity index (χ4v) is 3.43. The first kappa shape index (κ1) is 18.7. The van der Waals surface area contributed by atoms with Gasteiger partial charge in [0.15, 0.2) is 11.6 Å². The lowest BCUT2D eigenvalue weighted by atomic mass is 10.0. The summed E-state index contributed by atoms with van der Waals surface area (Å²) in [6.07, 6.45) is 4.41. The number of hydrogen-bond acceptors (Lipinski definition) is 3. The number of rotatable bonds is 3. The lowest BCUT2D eigenvalue weighted by Crippen LogP contribution is -2.11. The van der Waals surface area contributed by atoms with Crippen LogP contribution in [0.2, 0.25) is 0 Å². The van der Waals surface area contributed by atoms with E-state index in [9.17, 15) is 13.2 Å². The van der Waals surface area contributed by atoms with E-state index in [0.717, 1.165) is 5.56 Å². The molecule has 1 aliphatic carbocycles. The van der Waals surface area contributed by atoms with Gasteiger partial charge < -0.3 is 0 Å². The molecule has 2 aromatic carbocycles. The summed E-state index contributed by atoms with van der Waals surface area (Å²) in [5, 5.41) is 0. The van der Waals surface area contributed by atoms with Crippen molar-refractivity contribution >= 4 is 27.4 Å². The highest BCUT2D eigenvalue weighted by molar-refractivity contribution is 7.90. The molecule has 0 aromatic heterocycles. The second kappa shape index (κ2) is 7.63. The van der Waals surface area contributed by atoms with Crippen LogP contribution in [0.1, 0.15) is 18.1 Å². The number of carbonyl (C=O) groups is 1. The average molecular weight is 378 g/mol. The zero-order valence-corrected chi connectivity index (χ0v) is 15.8. The molecule has 3 rings (SSSR count). The number of hydrogen-bond donors (Lipinski definition) is 0. The van der Waals surface area contributed by atoms with E-state index in [4.69, 9.17) is 0 Å². The van der Waals surface area contributed by atoms with E-state index in [-0.39, 0.29) is 16.5 Å². The molecule has 0 radical (unpaired) electrons. The third kappa shape index (κ3) is 4.54. The van der Waals surface area contributed by atoms with Gasteiger partial charge in [-0.15, -0.1) is 4.40 Å². The summed E-state index contributed by atoms with van der Waals surface area (Å²) in [4.78, 5) is 16.0. The van der Waals surface area contributed by atoms with Crippen molar-refractivity contribution in [2.45, 2.75) is 18.7 Å². The Labute approximate surface area is 158 Å². The molecule has 1 aliphatic rings. The van der Waals surface area contributed by atoms with E-state index in [1.165, 1.54) is 24.3 Å². The Balaban J connectivity index is 2.12.